The standard InChI is InChI=1S/C8H3Cl3O4/c9-3-1-2-4(6(11)5(3)10)15-8(14)7(12)13/h1-2H,(H,12,13). The number of hydrogen-bond acceptors (Lipinski definition) is 3. The minimum absolute atomic E-state index is 0.00554. The molecule has 0 aromatic heterocycles. The number of carbonyl (C=O) groups excluding carboxylic acids is 1. The van der Waals surface area contributed by atoms with E-state index >= 15 is 0 Å². The van der Waals surface area contributed by atoms with Crippen molar-refractivity contribution in [2.24, 2.45) is 0 Å². The molecule has 0 spiro atoms. The molecule has 1 rings (SSSR count). The summed E-state index contributed by atoms with van der Waals surface area (Å²) >= 11 is 16.9. The van der Waals surface area contributed by atoms with Crippen LogP contribution in [0.2, 0.25) is 15.1 Å². The van der Waals surface area contributed by atoms with Crippen molar-refractivity contribution in [3.05, 3.63) is 27.2 Å². The molecule has 0 amide bonds. The second-order valence-electron chi connectivity index (χ2n) is 2.37. The number of hydrogen-bond donors (Lipinski definition) is 1. The largest absolute Gasteiger partial charge is 0.473 e. The van der Waals surface area contributed by atoms with Crippen LogP contribution in [0.3, 0.4) is 0 Å². The number of ether oxygens (including phenoxy) is 1. The van der Waals surface area contributed by atoms with E-state index in [0.717, 1.165) is 0 Å². The monoisotopic (exact) mass is 268 g/mol. The Morgan fingerprint density at radius 1 is 1.13 bits per heavy atom. The Kier molecular flexibility index (Phi) is 3.79. The van der Waals surface area contributed by atoms with E-state index < -0.39 is 11.9 Å². The van der Waals surface area contributed by atoms with Crippen molar-refractivity contribution in [3.8, 4) is 5.75 Å². The molecule has 0 aliphatic rings. The first kappa shape index (κ1) is 12.1. The van der Waals surface area contributed by atoms with E-state index in [9.17, 15) is 9.59 Å². The molecule has 0 atom stereocenters. The summed E-state index contributed by atoms with van der Waals surface area (Å²) in [6.07, 6.45) is 0. The molecule has 4 nitrogen and oxygen atoms in total. The summed E-state index contributed by atoms with van der Waals surface area (Å²) in [6.45, 7) is 0. The first-order valence-corrected chi connectivity index (χ1v) is 4.65. The van der Waals surface area contributed by atoms with E-state index in [1.165, 1.54) is 12.1 Å². The van der Waals surface area contributed by atoms with E-state index in [2.05, 4.69) is 4.74 Å². The normalized spacial score (nSPS) is 9.80. The fraction of sp³-hybridized carbons (Fsp3) is 0. The van der Waals surface area contributed by atoms with E-state index in [0.29, 0.717) is 0 Å². The van der Waals surface area contributed by atoms with Crippen molar-refractivity contribution in [2.45, 2.75) is 0 Å². The number of aliphatic carboxylic acids is 1. The minimum atomic E-state index is -1.72. The van der Waals surface area contributed by atoms with Crippen LogP contribution in [-0.4, -0.2) is 17.0 Å². The smallest absolute Gasteiger partial charge is 0.422 e. The van der Waals surface area contributed by atoms with Gasteiger partial charge in [0.2, 0.25) is 0 Å². The summed E-state index contributed by atoms with van der Waals surface area (Å²) in [6, 6.07) is 2.58. The van der Waals surface area contributed by atoms with Crippen molar-refractivity contribution >= 4 is 46.7 Å². The van der Waals surface area contributed by atoms with Gasteiger partial charge in [-0.3, -0.25) is 0 Å². The molecule has 1 aromatic carbocycles. The number of carboxylic acids is 1. The van der Waals surface area contributed by atoms with Gasteiger partial charge in [-0.05, 0) is 12.1 Å². The third-order valence-electron chi connectivity index (χ3n) is 1.38. The molecule has 0 heterocycles. The number of carboxylic acid groups (broad SMARTS) is 1. The molecule has 0 saturated heterocycles. The zero-order valence-corrected chi connectivity index (χ0v) is 9.23. The predicted octanol–water partition coefficient (Wildman–Crippen LogP) is 2.64. The van der Waals surface area contributed by atoms with Gasteiger partial charge in [-0.1, -0.05) is 34.8 Å². The van der Waals surface area contributed by atoms with Crippen LogP contribution in [0.4, 0.5) is 0 Å². The van der Waals surface area contributed by atoms with Crippen LogP contribution >= 0.6 is 34.8 Å². The molecular weight excluding hydrogens is 266 g/mol. The predicted molar refractivity (Wildman–Crippen MR) is 54.7 cm³/mol. The lowest BCUT2D eigenvalue weighted by atomic mass is 10.3. The quantitative estimate of drug-likeness (QED) is 0.368. The second kappa shape index (κ2) is 4.70. The number of benzene rings is 1. The first-order valence-electron chi connectivity index (χ1n) is 3.52. The number of carbonyl (C=O) groups is 2. The molecule has 0 aliphatic heterocycles. The summed E-state index contributed by atoms with van der Waals surface area (Å²) in [4.78, 5) is 20.9. The molecule has 0 aliphatic carbocycles. The third-order valence-corrected chi connectivity index (χ3v) is 2.65. The van der Waals surface area contributed by atoms with Gasteiger partial charge >= 0.3 is 11.9 Å². The summed E-state index contributed by atoms with van der Waals surface area (Å²) < 4.78 is 4.43. The second-order valence-corrected chi connectivity index (χ2v) is 3.53. The zero-order chi connectivity index (χ0) is 11.6. The van der Waals surface area contributed by atoms with Gasteiger partial charge in [0.25, 0.3) is 0 Å². The number of esters is 1. The van der Waals surface area contributed by atoms with Crippen molar-refractivity contribution in [1.82, 2.24) is 0 Å². The molecular formula is C8H3Cl3O4. The third kappa shape index (κ3) is 2.75. The lowest BCUT2D eigenvalue weighted by Crippen LogP contribution is -2.19. The topological polar surface area (TPSA) is 63.6 Å². The highest BCUT2D eigenvalue weighted by atomic mass is 35.5. The Balaban J connectivity index is 3.02. The van der Waals surface area contributed by atoms with Gasteiger partial charge in [-0.25, -0.2) is 9.59 Å². The highest BCUT2D eigenvalue weighted by Gasteiger charge is 2.18. The summed E-state index contributed by atoms with van der Waals surface area (Å²) in [5.74, 6) is -3.33. The van der Waals surface area contributed by atoms with Crippen LogP contribution in [0.1, 0.15) is 0 Å². The maximum absolute atomic E-state index is 10.7. The Morgan fingerprint density at radius 3 is 2.27 bits per heavy atom. The van der Waals surface area contributed by atoms with E-state index in [1.54, 1.807) is 0 Å². The van der Waals surface area contributed by atoms with E-state index in [-0.39, 0.29) is 20.8 Å². The van der Waals surface area contributed by atoms with Crippen molar-refractivity contribution in [3.63, 3.8) is 0 Å². The Bertz CT molecular complexity index is 430. The zero-order valence-electron chi connectivity index (χ0n) is 6.96. The highest BCUT2D eigenvalue weighted by molar-refractivity contribution is 6.48. The van der Waals surface area contributed by atoms with E-state index in [1.807, 2.05) is 0 Å². The van der Waals surface area contributed by atoms with Gasteiger partial charge in [0, 0.05) is 0 Å². The average molecular weight is 269 g/mol. The fourth-order valence-corrected chi connectivity index (χ4v) is 1.30. The maximum atomic E-state index is 10.7. The molecule has 0 saturated carbocycles. The van der Waals surface area contributed by atoms with Crippen LogP contribution < -0.4 is 4.74 Å². The minimum Gasteiger partial charge on any atom is -0.473 e. The van der Waals surface area contributed by atoms with Gasteiger partial charge in [0.05, 0.1) is 10.0 Å². The van der Waals surface area contributed by atoms with Crippen LogP contribution in [0.5, 0.6) is 5.75 Å². The Labute approximate surface area is 99.3 Å². The maximum Gasteiger partial charge on any atom is 0.422 e. The molecule has 15 heavy (non-hydrogen) atoms. The number of rotatable bonds is 1. The van der Waals surface area contributed by atoms with Gasteiger partial charge in [-0.2, -0.15) is 0 Å². The molecule has 0 bridgehead atoms. The van der Waals surface area contributed by atoms with Crippen LogP contribution in [0.25, 0.3) is 0 Å². The van der Waals surface area contributed by atoms with Gasteiger partial charge in [0.15, 0.2) is 5.75 Å². The lowest BCUT2D eigenvalue weighted by Gasteiger charge is -2.05. The van der Waals surface area contributed by atoms with Gasteiger partial charge in [0.1, 0.15) is 5.02 Å². The van der Waals surface area contributed by atoms with Gasteiger partial charge < -0.3 is 9.84 Å². The van der Waals surface area contributed by atoms with Crippen LogP contribution in [-0.2, 0) is 9.59 Å². The molecule has 1 N–H and O–H groups in total. The van der Waals surface area contributed by atoms with Crippen LogP contribution in [0, 0.1) is 0 Å². The fourth-order valence-electron chi connectivity index (χ4n) is 0.731. The van der Waals surface area contributed by atoms with Gasteiger partial charge in [-0.15, -0.1) is 0 Å². The average Bonchev–Trinajstić information content (AvgIpc) is 2.18. The molecule has 7 heteroatoms. The molecule has 80 valence electrons. The van der Waals surface area contributed by atoms with Crippen molar-refractivity contribution < 1.29 is 19.4 Å². The number of halogens is 3. The summed E-state index contributed by atoms with van der Waals surface area (Å²) in [5.41, 5.74) is 0. The van der Waals surface area contributed by atoms with E-state index in [4.69, 9.17) is 39.9 Å². The SMILES string of the molecule is O=C(O)C(=O)Oc1ccc(Cl)c(Cl)c1Cl. The van der Waals surface area contributed by atoms with Crippen molar-refractivity contribution in [2.75, 3.05) is 0 Å². The first-order chi connectivity index (χ1) is 6.93. The molecule has 1 aromatic rings. The lowest BCUT2D eigenvalue weighted by molar-refractivity contribution is -0.158. The molecule has 0 unspecified atom stereocenters. The molecule has 0 fully saturated rings. The summed E-state index contributed by atoms with van der Waals surface area (Å²) in [5, 5.41) is 8.34. The highest BCUT2D eigenvalue weighted by Crippen LogP contribution is 2.36. The summed E-state index contributed by atoms with van der Waals surface area (Å²) in [7, 11) is 0. The Hall–Kier alpha value is -0.970. The Morgan fingerprint density at radius 2 is 1.73 bits per heavy atom. The van der Waals surface area contributed by atoms with Crippen molar-refractivity contribution in [1.29, 1.82) is 0 Å². The van der Waals surface area contributed by atoms with Crippen LogP contribution in [0.15, 0.2) is 12.1 Å². The molecule has 0 radical (unpaired) electrons.